The van der Waals surface area contributed by atoms with Gasteiger partial charge in [-0.3, -0.25) is 4.21 Å². The van der Waals surface area contributed by atoms with Gasteiger partial charge in [0, 0.05) is 28.9 Å². The highest BCUT2D eigenvalue weighted by Gasteiger charge is 2.19. The van der Waals surface area contributed by atoms with Crippen molar-refractivity contribution in [1.29, 1.82) is 5.26 Å². The van der Waals surface area contributed by atoms with Crippen LogP contribution < -0.4 is 4.72 Å². The molecule has 7 heteroatoms. The van der Waals surface area contributed by atoms with E-state index >= 15 is 0 Å². The number of nitrogens with one attached hydrogen (secondary N) is 1. The van der Waals surface area contributed by atoms with E-state index in [2.05, 4.69) is 4.72 Å². The predicted octanol–water partition coefficient (Wildman–Crippen LogP) is 0.912. The van der Waals surface area contributed by atoms with Gasteiger partial charge in [0.15, 0.2) is 0 Å². The standard InChI is InChI=1S/C12H16N2O3S2/c1-9-4-5-11(7-13)6-12(9)19(16,17)14-8-10(2)18(3)15/h4-6,10,14H,8H2,1-3H3. The molecule has 1 aromatic rings. The Morgan fingerprint density at radius 2 is 2.11 bits per heavy atom. The highest BCUT2D eigenvalue weighted by Crippen LogP contribution is 2.16. The van der Waals surface area contributed by atoms with Crippen LogP contribution in [0.5, 0.6) is 0 Å². The van der Waals surface area contributed by atoms with E-state index in [9.17, 15) is 12.6 Å². The molecule has 0 fully saturated rings. The van der Waals surface area contributed by atoms with Crippen LogP contribution in [0.3, 0.4) is 0 Å². The summed E-state index contributed by atoms with van der Waals surface area (Å²) in [6, 6.07) is 6.41. The smallest absolute Gasteiger partial charge is 0.240 e. The third kappa shape index (κ3) is 4.13. The summed E-state index contributed by atoms with van der Waals surface area (Å²) in [4.78, 5) is 0.0839. The molecule has 0 aliphatic heterocycles. The van der Waals surface area contributed by atoms with Crippen molar-refractivity contribution in [1.82, 2.24) is 4.72 Å². The Balaban J connectivity index is 3.01. The second-order valence-corrected chi connectivity index (χ2v) is 7.79. The van der Waals surface area contributed by atoms with Crippen LogP contribution in [0.25, 0.3) is 0 Å². The number of nitrogens with zero attached hydrogens (tertiary/aromatic N) is 1. The van der Waals surface area contributed by atoms with Crippen LogP contribution in [0.1, 0.15) is 18.1 Å². The number of benzene rings is 1. The first-order valence-electron chi connectivity index (χ1n) is 5.60. The zero-order valence-electron chi connectivity index (χ0n) is 11.0. The fourth-order valence-electron chi connectivity index (χ4n) is 1.38. The first-order valence-corrected chi connectivity index (χ1v) is 8.71. The zero-order valence-corrected chi connectivity index (χ0v) is 12.6. The van der Waals surface area contributed by atoms with Gasteiger partial charge in [-0.1, -0.05) is 6.07 Å². The fraction of sp³-hybridized carbons (Fsp3) is 0.417. The molecule has 104 valence electrons. The van der Waals surface area contributed by atoms with Crippen molar-refractivity contribution < 1.29 is 12.6 Å². The van der Waals surface area contributed by atoms with Crippen molar-refractivity contribution in [2.75, 3.05) is 12.8 Å². The van der Waals surface area contributed by atoms with Gasteiger partial charge in [-0.05, 0) is 31.5 Å². The lowest BCUT2D eigenvalue weighted by Gasteiger charge is -2.12. The molecule has 1 N–H and O–H groups in total. The Hall–Kier alpha value is -1.23. The van der Waals surface area contributed by atoms with Gasteiger partial charge in [0.1, 0.15) is 0 Å². The number of nitriles is 1. The topological polar surface area (TPSA) is 87.0 Å². The lowest BCUT2D eigenvalue weighted by molar-refractivity contribution is 0.580. The highest BCUT2D eigenvalue weighted by molar-refractivity contribution is 7.89. The van der Waals surface area contributed by atoms with Crippen molar-refractivity contribution in [3.05, 3.63) is 29.3 Å². The molecule has 0 saturated carbocycles. The Bertz CT molecular complexity index is 633. The van der Waals surface area contributed by atoms with E-state index in [1.54, 1.807) is 26.0 Å². The van der Waals surface area contributed by atoms with Gasteiger partial charge in [-0.25, -0.2) is 13.1 Å². The Morgan fingerprint density at radius 1 is 1.47 bits per heavy atom. The van der Waals surface area contributed by atoms with Gasteiger partial charge in [0.2, 0.25) is 10.0 Å². The SMILES string of the molecule is Cc1ccc(C#N)cc1S(=O)(=O)NCC(C)S(C)=O. The van der Waals surface area contributed by atoms with E-state index in [1.165, 1.54) is 12.3 Å². The molecule has 0 saturated heterocycles. The van der Waals surface area contributed by atoms with Crippen molar-refractivity contribution >= 4 is 20.8 Å². The molecule has 1 aromatic carbocycles. The minimum absolute atomic E-state index is 0.0839. The molecule has 0 radical (unpaired) electrons. The summed E-state index contributed by atoms with van der Waals surface area (Å²) in [5.74, 6) is 0. The molecule has 19 heavy (non-hydrogen) atoms. The van der Waals surface area contributed by atoms with Crippen LogP contribution in [-0.4, -0.2) is 30.7 Å². The lowest BCUT2D eigenvalue weighted by atomic mass is 10.2. The van der Waals surface area contributed by atoms with E-state index in [0.29, 0.717) is 5.56 Å². The molecule has 5 nitrogen and oxygen atoms in total. The summed E-state index contributed by atoms with van der Waals surface area (Å²) in [5, 5.41) is 8.53. The van der Waals surface area contributed by atoms with Crippen molar-refractivity contribution in [2.24, 2.45) is 0 Å². The van der Waals surface area contributed by atoms with Crippen molar-refractivity contribution in [3.8, 4) is 6.07 Å². The second kappa shape index (κ2) is 6.28. The number of hydrogen-bond acceptors (Lipinski definition) is 4. The van der Waals surface area contributed by atoms with Crippen LogP contribution in [0.2, 0.25) is 0 Å². The van der Waals surface area contributed by atoms with Gasteiger partial charge < -0.3 is 0 Å². The van der Waals surface area contributed by atoms with Gasteiger partial charge >= 0.3 is 0 Å². The van der Waals surface area contributed by atoms with E-state index in [-0.39, 0.29) is 22.3 Å². The largest absolute Gasteiger partial charge is 0.260 e. The summed E-state index contributed by atoms with van der Waals surface area (Å²) in [5.41, 5.74) is 0.856. The van der Waals surface area contributed by atoms with Crippen LogP contribution in [-0.2, 0) is 20.8 Å². The lowest BCUT2D eigenvalue weighted by Crippen LogP contribution is -2.33. The predicted molar refractivity (Wildman–Crippen MR) is 74.6 cm³/mol. The van der Waals surface area contributed by atoms with Crippen molar-refractivity contribution in [2.45, 2.75) is 24.0 Å². The summed E-state index contributed by atoms with van der Waals surface area (Å²) in [6.45, 7) is 3.47. The monoisotopic (exact) mass is 300 g/mol. The van der Waals surface area contributed by atoms with E-state index in [4.69, 9.17) is 5.26 Å². The van der Waals surface area contributed by atoms with E-state index in [0.717, 1.165) is 0 Å². The second-order valence-electron chi connectivity index (χ2n) is 4.25. The molecule has 2 atom stereocenters. The molecular weight excluding hydrogens is 284 g/mol. The first kappa shape index (κ1) is 15.8. The third-order valence-corrected chi connectivity index (χ3v) is 5.60. The highest BCUT2D eigenvalue weighted by atomic mass is 32.2. The van der Waals surface area contributed by atoms with E-state index < -0.39 is 20.8 Å². The molecular formula is C12H16N2O3S2. The molecule has 0 spiro atoms. The normalized spacial score (nSPS) is 14.6. The van der Waals surface area contributed by atoms with Crippen LogP contribution in [0.4, 0.5) is 0 Å². The van der Waals surface area contributed by atoms with Gasteiger partial charge in [0.05, 0.1) is 16.5 Å². The number of hydrogen-bond donors (Lipinski definition) is 1. The maximum absolute atomic E-state index is 12.1. The summed E-state index contributed by atoms with van der Waals surface area (Å²) in [6.07, 6.45) is 1.53. The van der Waals surface area contributed by atoms with E-state index in [1.807, 2.05) is 6.07 Å². The minimum atomic E-state index is -3.69. The molecule has 0 aliphatic carbocycles. The number of sulfonamides is 1. The van der Waals surface area contributed by atoms with Gasteiger partial charge in [-0.15, -0.1) is 0 Å². The average Bonchev–Trinajstić information content (AvgIpc) is 2.36. The molecule has 0 bridgehead atoms. The molecule has 0 aromatic heterocycles. The molecule has 2 unspecified atom stereocenters. The first-order chi connectivity index (χ1) is 8.77. The third-order valence-electron chi connectivity index (χ3n) is 2.73. The molecule has 0 heterocycles. The van der Waals surface area contributed by atoms with Gasteiger partial charge in [-0.2, -0.15) is 5.26 Å². The fourth-order valence-corrected chi connectivity index (χ4v) is 3.20. The number of rotatable bonds is 5. The number of aryl methyl sites for hydroxylation is 1. The maximum atomic E-state index is 12.1. The Morgan fingerprint density at radius 3 is 2.63 bits per heavy atom. The van der Waals surface area contributed by atoms with Crippen LogP contribution in [0.15, 0.2) is 23.1 Å². The summed E-state index contributed by atoms with van der Waals surface area (Å²) >= 11 is 0. The molecule has 0 aliphatic rings. The molecule has 1 rings (SSSR count). The van der Waals surface area contributed by atoms with Crippen LogP contribution >= 0.6 is 0 Å². The van der Waals surface area contributed by atoms with Gasteiger partial charge in [0.25, 0.3) is 0 Å². The quantitative estimate of drug-likeness (QED) is 0.875. The van der Waals surface area contributed by atoms with Crippen molar-refractivity contribution in [3.63, 3.8) is 0 Å². The molecule has 0 amide bonds. The maximum Gasteiger partial charge on any atom is 0.240 e. The Kier molecular flexibility index (Phi) is 5.23. The summed E-state index contributed by atoms with van der Waals surface area (Å²) in [7, 11) is -4.78. The minimum Gasteiger partial charge on any atom is -0.260 e. The zero-order chi connectivity index (χ0) is 14.6. The average molecular weight is 300 g/mol. The van der Waals surface area contributed by atoms with Crippen LogP contribution in [0, 0.1) is 18.3 Å². The summed E-state index contributed by atoms with van der Waals surface area (Å²) < 4.78 is 37.9. The Labute approximate surface area is 116 Å².